The number of carbonyl (C=O) groups excluding carboxylic acids is 1. The van der Waals surface area contributed by atoms with Crippen molar-refractivity contribution in [3.8, 4) is 0 Å². The average Bonchev–Trinajstić information content (AvgIpc) is 2.67. The van der Waals surface area contributed by atoms with Crippen LogP contribution < -0.4 is 5.32 Å². The topological polar surface area (TPSA) is 75.1 Å². The van der Waals surface area contributed by atoms with Gasteiger partial charge >= 0.3 is 0 Å². The maximum absolute atomic E-state index is 11.6. The summed E-state index contributed by atoms with van der Waals surface area (Å²) < 4.78 is 3.77. The maximum Gasteiger partial charge on any atom is 0.264 e. The fourth-order valence-electron chi connectivity index (χ4n) is 1.14. The molecule has 5 nitrogen and oxygen atoms in total. The second-order valence-electron chi connectivity index (χ2n) is 3.13. The van der Waals surface area contributed by atoms with Gasteiger partial charge in [-0.15, -0.1) is 5.10 Å². The zero-order valence-corrected chi connectivity index (χ0v) is 9.51. The molecule has 0 spiro atoms. The minimum Gasteiger partial charge on any atom is -0.396 e. The summed E-state index contributed by atoms with van der Waals surface area (Å²) in [4.78, 5) is 12.2. The van der Waals surface area contributed by atoms with E-state index >= 15 is 0 Å². The molecule has 15 heavy (non-hydrogen) atoms. The maximum atomic E-state index is 11.6. The van der Waals surface area contributed by atoms with Crippen LogP contribution in [0.1, 0.15) is 35.1 Å². The number of aliphatic hydroxyl groups is 1. The second kappa shape index (κ2) is 6.47. The summed E-state index contributed by atoms with van der Waals surface area (Å²) in [5.41, 5.74) is 0.768. The smallest absolute Gasteiger partial charge is 0.264 e. The van der Waals surface area contributed by atoms with E-state index in [1.54, 1.807) is 0 Å². The highest BCUT2D eigenvalue weighted by Gasteiger charge is 2.14. The van der Waals surface area contributed by atoms with Gasteiger partial charge in [-0.1, -0.05) is 17.8 Å². The van der Waals surface area contributed by atoms with E-state index in [2.05, 4.69) is 14.9 Å². The molecule has 1 aromatic rings. The number of nitrogens with zero attached hydrogens (tertiary/aromatic N) is 2. The van der Waals surface area contributed by atoms with Crippen LogP contribution in [-0.4, -0.2) is 33.8 Å². The first-order chi connectivity index (χ1) is 7.29. The molecule has 2 N–H and O–H groups in total. The molecule has 6 heteroatoms. The fourth-order valence-corrected chi connectivity index (χ4v) is 1.77. The minimum absolute atomic E-state index is 0.0863. The van der Waals surface area contributed by atoms with Crippen molar-refractivity contribution in [2.75, 3.05) is 13.2 Å². The lowest BCUT2D eigenvalue weighted by molar-refractivity contribution is 0.0954. The van der Waals surface area contributed by atoms with Crippen molar-refractivity contribution >= 4 is 17.4 Å². The van der Waals surface area contributed by atoms with Gasteiger partial charge in [-0.2, -0.15) is 0 Å². The molecule has 84 valence electrons. The number of amides is 1. The van der Waals surface area contributed by atoms with Gasteiger partial charge in [0.2, 0.25) is 0 Å². The molecule has 0 aromatic carbocycles. The zero-order valence-electron chi connectivity index (χ0n) is 8.69. The number of carbonyl (C=O) groups is 1. The first-order valence-corrected chi connectivity index (χ1v) is 5.77. The van der Waals surface area contributed by atoms with Crippen LogP contribution in [0.2, 0.25) is 0 Å². The van der Waals surface area contributed by atoms with E-state index < -0.39 is 0 Å². The molecule has 0 unspecified atom stereocenters. The van der Waals surface area contributed by atoms with Gasteiger partial charge in [0.05, 0.1) is 5.69 Å². The molecule has 0 fully saturated rings. The van der Waals surface area contributed by atoms with Crippen LogP contribution in [0.3, 0.4) is 0 Å². The fraction of sp³-hybridized carbons (Fsp3) is 0.667. The zero-order chi connectivity index (χ0) is 11.1. The normalized spacial score (nSPS) is 10.3. The van der Waals surface area contributed by atoms with Gasteiger partial charge in [-0.25, -0.2) is 0 Å². The Morgan fingerprint density at radius 2 is 2.40 bits per heavy atom. The monoisotopic (exact) mass is 229 g/mol. The summed E-state index contributed by atoms with van der Waals surface area (Å²) in [5.74, 6) is -0.137. The van der Waals surface area contributed by atoms with E-state index in [0.29, 0.717) is 17.8 Å². The third kappa shape index (κ3) is 3.56. The Balaban J connectivity index is 2.53. The molecule has 0 atom stereocenters. The van der Waals surface area contributed by atoms with Gasteiger partial charge in [0.25, 0.3) is 5.91 Å². The van der Waals surface area contributed by atoms with Crippen LogP contribution in [-0.2, 0) is 6.42 Å². The molecule has 1 aromatic heterocycles. The number of hydrogen-bond acceptors (Lipinski definition) is 5. The van der Waals surface area contributed by atoms with Gasteiger partial charge in [-0.3, -0.25) is 4.79 Å². The van der Waals surface area contributed by atoms with Gasteiger partial charge in [0.1, 0.15) is 4.88 Å². The molecule has 0 saturated carbocycles. The minimum atomic E-state index is -0.137. The Bertz CT molecular complexity index is 314. The first kappa shape index (κ1) is 12.1. The molecule has 0 bridgehead atoms. The number of aryl methyl sites for hydroxylation is 1. The molecule has 0 aliphatic carbocycles. The average molecular weight is 229 g/mol. The van der Waals surface area contributed by atoms with E-state index in [1.807, 2.05) is 6.92 Å². The SMILES string of the molecule is CCCc1nnsc1C(=O)NCCCO. The Hall–Kier alpha value is -1.01. The van der Waals surface area contributed by atoms with Crippen molar-refractivity contribution < 1.29 is 9.90 Å². The Labute approximate surface area is 92.7 Å². The van der Waals surface area contributed by atoms with Crippen molar-refractivity contribution in [3.63, 3.8) is 0 Å². The highest BCUT2D eigenvalue weighted by molar-refractivity contribution is 7.08. The molecular weight excluding hydrogens is 214 g/mol. The lowest BCUT2D eigenvalue weighted by atomic mass is 10.2. The number of rotatable bonds is 6. The number of aliphatic hydroxyl groups excluding tert-OH is 1. The molecule has 0 aliphatic heterocycles. The van der Waals surface area contributed by atoms with Crippen LogP contribution in [0, 0.1) is 0 Å². The van der Waals surface area contributed by atoms with Crippen molar-refractivity contribution in [2.24, 2.45) is 0 Å². The van der Waals surface area contributed by atoms with E-state index in [-0.39, 0.29) is 12.5 Å². The lowest BCUT2D eigenvalue weighted by Gasteiger charge is -2.02. The molecule has 0 aliphatic rings. The number of nitrogens with one attached hydrogen (secondary N) is 1. The second-order valence-corrected chi connectivity index (χ2v) is 3.89. The number of hydrogen-bond donors (Lipinski definition) is 2. The lowest BCUT2D eigenvalue weighted by Crippen LogP contribution is -2.25. The molecular formula is C9H15N3O2S. The summed E-state index contributed by atoms with van der Waals surface area (Å²) in [6, 6.07) is 0. The van der Waals surface area contributed by atoms with Gasteiger partial charge < -0.3 is 10.4 Å². The molecule has 0 saturated heterocycles. The standard InChI is InChI=1S/C9H15N3O2S/c1-2-4-7-8(15-12-11-7)9(14)10-5-3-6-13/h13H,2-6H2,1H3,(H,10,14). The highest BCUT2D eigenvalue weighted by Crippen LogP contribution is 2.11. The Morgan fingerprint density at radius 3 is 3.07 bits per heavy atom. The third-order valence-corrected chi connectivity index (χ3v) is 2.64. The van der Waals surface area contributed by atoms with E-state index in [4.69, 9.17) is 5.11 Å². The third-order valence-electron chi connectivity index (χ3n) is 1.87. The molecule has 1 rings (SSSR count). The predicted molar refractivity (Wildman–Crippen MR) is 57.9 cm³/mol. The van der Waals surface area contributed by atoms with Crippen LogP contribution in [0.5, 0.6) is 0 Å². The highest BCUT2D eigenvalue weighted by atomic mass is 32.1. The Morgan fingerprint density at radius 1 is 1.60 bits per heavy atom. The van der Waals surface area contributed by atoms with E-state index in [0.717, 1.165) is 30.1 Å². The van der Waals surface area contributed by atoms with Crippen molar-refractivity contribution in [3.05, 3.63) is 10.6 Å². The van der Waals surface area contributed by atoms with Crippen molar-refractivity contribution in [1.82, 2.24) is 14.9 Å². The van der Waals surface area contributed by atoms with Crippen LogP contribution in [0.4, 0.5) is 0 Å². The summed E-state index contributed by atoms with van der Waals surface area (Å²) in [5, 5.41) is 15.2. The number of aromatic nitrogens is 2. The van der Waals surface area contributed by atoms with Crippen molar-refractivity contribution in [2.45, 2.75) is 26.2 Å². The van der Waals surface area contributed by atoms with Crippen LogP contribution in [0.25, 0.3) is 0 Å². The summed E-state index contributed by atoms with van der Waals surface area (Å²) in [7, 11) is 0. The van der Waals surface area contributed by atoms with Gasteiger partial charge in [-0.05, 0) is 24.4 Å². The summed E-state index contributed by atoms with van der Waals surface area (Å²) in [6.07, 6.45) is 2.29. The first-order valence-electron chi connectivity index (χ1n) is 4.99. The molecule has 1 heterocycles. The summed E-state index contributed by atoms with van der Waals surface area (Å²) in [6.45, 7) is 2.61. The van der Waals surface area contributed by atoms with Gasteiger partial charge in [0.15, 0.2) is 0 Å². The van der Waals surface area contributed by atoms with E-state index in [9.17, 15) is 4.79 Å². The largest absolute Gasteiger partial charge is 0.396 e. The van der Waals surface area contributed by atoms with Crippen molar-refractivity contribution in [1.29, 1.82) is 0 Å². The van der Waals surface area contributed by atoms with Crippen LogP contribution in [0.15, 0.2) is 0 Å². The molecule has 1 amide bonds. The quantitative estimate of drug-likeness (QED) is 0.701. The Kier molecular flexibility index (Phi) is 5.20. The summed E-state index contributed by atoms with van der Waals surface area (Å²) >= 11 is 1.12. The van der Waals surface area contributed by atoms with E-state index in [1.165, 1.54) is 0 Å². The predicted octanol–water partition coefficient (Wildman–Crippen LogP) is 0.603. The molecule has 0 radical (unpaired) electrons. The van der Waals surface area contributed by atoms with Gasteiger partial charge in [0, 0.05) is 13.2 Å². The van der Waals surface area contributed by atoms with Crippen LogP contribution >= 0.6 is 11.5 Å².